The number of allylic oxidation sites excluding steroid dienone is 4. The fourth-order valence-electron chi connectivity index (χ4n) is 2.34. The van der Waals surface area contributed by atoms with Gasteiger partial charge < -0.3 is 14.9 Å². The van der Waals surface area contributed by atoms with Gasteiger partial charge in [0, 0.05) is 6.07 Å². The monoisotopic (exact) mass is 350 g/mol. The molecule has 6 nitrogen and oxygen atoms in total. The normalized spacial score (nSPS) is 16.5. The van der Waals surface area contributed by atoms with Crippen molar-refractivity contribution in [3.63, 3.8) is 0 Å². The lowest BCUT2D eigenvalue weighted by Gasteiger charge is -2.04. The Morgan fingerprint density at radius 2 is 1.92 bits per heavy atom. The van der Waals surface area contributed by atoms with Crippen molar-refractivity contribution in [3.05, 3.63) is 57.4 Å². The van der Waals surface area contributed by atoms with Crippen molar-refractivity contribution in [2.75, 3.05) is 6.61 Å². The number of carbonyl (C=O) groups is 1. The largest absolute Gasteiger partial charge is 0.507 e. The second-order valence-electron chi connectivity index (χ2n) is 5.04. The number of phenols is 1. The van der Waals surface area contributed by atoms with Crippen molar-refractivity contribution >= 4 is 15.8 Å². The number of ether oxygens (including phenoxy) is 1. The van der Waals surface area contributed by atoms with Crippen LogP contribution in [0.4, 0.5) is 0 Å². The topological polar surface area (TPSA) is 101 Å². The quantitative estimate of drug-likeness (QED) is 0.865. The Morgan fingerprint density at radius 1 is 1.21 bits per heavy atom. The zero-order valence-corrected chi connectivity index (χ0v) is 14.1. The number of fused-ring (bicyclic) bond motifs is 2. The van der Waals surface area contributed by atoms with Crippen LogP contribution in [0.15, 0.2) is 51.8 Å². The van der Waals surface area contributed by atoms with E-state index in [0.717, 1.165) is 12.0 Å². The van der Waals surface area contributed by atoms with Gasteiger partial charge in [-0.05, 0) is 49.3 Å². The number of carboxylic acid groups (broad SMARTS) is 1. The molecule has 1 aromatic rings. The Hall–Kier alpha value is -2.54. The smallest absolute Gasteiger partial charge is 0.339 e. The molecule has 0 spiro atoms. The third-order valence-electron chi connectivity index (χ3n) is 3.52. The summed E-state index contributed by atoms with van der Waals surface area (Å²) in [5, 5.41) is 17.8. The molecule has 0 fully saturated rings. The minimum absolute atomic E-state index is 0.122. The summed E-state index contributed by atoms with van der Waals surface area (Å²) in [6.45, 7) is 4.25. The van der Waals surface area contributed by atoms with E-state index in [-0.39, 0.29) is 11.3 Å². The fraction of sp³-hybridized carbons (Fsp3) is 0.235. The number of hydrogen-bond acceptors (Lipinski definition) is 5. The second-order valence-corrected chi connectivity index (χ2v) is 6.96. The molecule has 24 heavy (non-hydrogen) atoms. The maximum atomic E-state index is 11.3. The maximum absolute atomic E-state index is 11.3. The average Bonchev–Trinajstić information content (AvgIpc) is 2.95. The van der Waals surface area contributed by atoms with Crippen molar-refractivity contribution in [2.24, 2.45) is 0 Å². The van der Waals surface area contributed by atoms with E-state index >= 15 is 0 Å². The summed E-state index contributed by atoms with van der Waals surface area (Å²) in [6, 6.07) is 4.10. The lowest BCUT2D eigenvalue weighted by atomic mass is 10.1. The molecule has 128 valence electrons. The van der Waals surface area contributed by atoms with Crippen molar-refractivity contribution in [3.8, 4) is 11.5 Å². The number of carboxylic acids is 1. The fourth-order valence-corrected chi connectivity index (χ4v) is 3.93. The minimum Gasteiger partial charge on any atom is -0.507 e. The molecule has 0 amide bonds. The molecule has 3 rings (SSSR count). The lowest BCUT2D eigenvalue weighted by molar-refractivity contribution is 0.0693. The molecule has 0 aromatic heterocycles. The van der Waals surface area contributed by atoms with E-state index in [2.05, 4.69) is 0 Å². The predicted molar refractivity (Wildman–Crippen MR) is 89.7 cm³/mol. The van der Waals surface area contributed by atoms with E-state index in [0.29, 0.717) is 22.2 Å². The summed E-state index contributed by atoms with van der Waals surface area (Å²) in [5.41, 5.74) is 0.825. The van der Waals surface area contributed by atoms with Crippen LogP contribution in [0.5, 0.6) is 11.5 Å². The Kier molecular flexibility index (Phi) is 5.14. The second kappa shape index (κ2) is 6.92. The molecule has 1 aromatic carbocycles. The first kappa shape index (κ1) is 17.8. The molecule has 0 atom stereocenters. The molecule has 0 aliphatic carbocycles. The van der Waals surface area contributed by atoms with Crippen molar-refractivity contribution < 1.29 is 28.2 Å². The first-order chi connectivity index (χ1) is 11.3. The molecule has 2 aliphatic rings. The molecular formula is C17H18O6S. The highest BCUT2D eigenvalue weighted by Gasteiger charge is 2.32. The van der Waals surface area contributed by atoms with Gasteiger partial charge in [-0.25, -0.2) is 13.2 Å². The van der Waals surface area contributed by atoms with E-state index in [1.165, 1.54) is 18.2 Å². The zero-order chi connectivity index (χ0) is 17.9. The highest BCUT2D eigenvalue weighted by Crippen LogP contribution is 2.38. The molecule has 2 bridgehead atoms. The van der Waals surface area contributed by atoms with Gasteiger partial charge in [0.15, 0.2) is 0 Å². The highest BCUT2D eigenvalue weighted by molar-refractivity contribution is 8.00. The molecule has 0 unspecified atom stereocenters. The van der Waals surface area contributed by atoms with Crippen LogP contribution in [-0.2, 0) is 9.84 Å². The van der Waals surface area contributed by atoms with Crippen molar-refractivity contribution in [1.29, 1.82) is 0 Å². The van der Waals surface area contributed by atoms with E-state index < -0.39 is 15.8 Å². The van der Waals surface area contributed by atoms with Crippen LogP contribution in [0.1, 0.15) is 30.6 Å². The number of sulfone groups is 1. The Bertz CT molecular complexity index is 859. The molecule has 2 heterocycles. The maximum Gasteiger partial charge on any atom is 0.339 e. The van der Waals surface area contributed by atoms with E-state index in [1.54, 1.807) is 18.2 Å². The van der Waals surface area contributed by atoms with E-state index in [9.17, 15) is 18.3 Å². The zero-order valence-electron chi connectivity index (χ0n) is 13.3. The van der Waals surface area contributed by atoms with Crippen molar-refractivity contribution in [1.82, 2.24) is 0 Å². The Labute approximate surface area is 140 Å². The molecule has 7 heteroatoms. The summed E-state index contributed by atoms with van der Waals surface area (Å²) in [4.78, 5) is 11.5. The number of benzene rings is 1. The van der Waals surface area contributed by atoms with Gasteiger partial charge in [-0.15, -0.1) is 0 Å². The summed E-state index contributed by atoms with van der Waals surface area (Å²) in [7, 11) is -3.02. The van der Waals surface area contributed by atoms with Gasteiger partial charge >= 0.3 is 5.97 Å². The third-order valence-corrected chi connectivity index (χ3v) is 5.38. The SMILES string of the molecule is CCC1=C2C=CC(=C1)S2(=O)=O.CCOc1ccc(C(=O)O)c(O)c1. The Morgan fingerprint density at radius 3 is 2.29 bits per heavy atom. The third kappa shape index (κ3) is 3.35. The number of aromatic hydroxyl groups is 1. The molecule has 0 saturated carbocycles. The van der Waals surface area contributed by atoms with E-state index in [4.69, 9.17) is 9.84 Å². The summed E-state index contributed by atoms with van der Waals surface area (Å²) < 4.78 is 27.7. The van der Waals surface area contributed by atoms with Crippen LogP contribution in [0.25, 0.3) is 0 Å². The van der Waals surface area contributed by atoms with Crippen LogP contribution >= 0.6 is 0 Å². The summed E-state index contributed by atoms with van der Waals surface area (Å²) >= 11 is 0. The van der Waals surface area contributed by atoms with E-state index in [1.807, 2.05) is 13.8 Å². The number of rotatable bonds is 4. The van der Waals surface area contributed by atoms with Gasteiger partial charge in [-0.3, -0.25) is 0 Å². The Balaban J connectivity index is 0.000000175. The van der Waals surface area contributed by atoms with Gasteiger partial charge in [-0.1, -0.05) is 6.92 Å². The van der Waals surface area contributed by atoms with Crippen LogP contribution in [0, 0.1) is 0 Å². The van der Waals surface area contributed by atoms with Gasteiger partial charge in [0.1, 0.15) is 17.1 Å². The van der Waals surface area contributed by atoms with Gasteiger partial charge in [0.05, 0.1) is 16.4 Å². The van der Waals surface area contributed by atoms with Gasteiger partial charge in [0.2, 0.25) is 9.84 Å². The molecule has 2 aliphatic heterocycles. The molecule has 0 radical (unpaired) electrons. The number of hydrogen-bond donors (Lipinski definition) is 2. The van der Waals surface area contributed by atoms with Crippen molar-refractivity contribution in [2.45, 2.75) is 20.3 Å². The number of aromatic carboxylic acids is 1. The molecular weight excluding hydrogens is 332 g/mol. The lowest BCUT2D eigenvalue weighted by Crippen LogP contribution is -1.97. The average molecular weight is 350 g/mol. The van der Waals surface area contributed by atoms with Crippen LogP contribution < -0.4 is 4.74 Å². The summed E-state index contributed by atoms with van der Waals surface area (Å²) in [6.07, 6.45) is 5.89. The first-order valence-electron chi connectivity index (χ1n) is 7.38. The molecule has 0 saturated heterocycles. The first-order valence-corrected chi connectivity index (χ1v) is 8.86. The predicted octanol–water partition coefficient (Wildman–Crippen LogP) is 3.02. The molecule has 2 N–H and O–H groups in total. The van der Waals surface area contributed by atoms with Crippen LogP contribution in [0.3, 0.4) is 0 Å². The minimum atomic E-state index is -3.02. The van der Waals surface area contributed by atoms with Crippen LogP contribution in [0.2, 0.25) is 0 Å². The summed E-state index contributed by atoms with van der Waals surface area (Å²) in [5.74, 6) is -0.969. The highest BCUT2D eigenvalue weighted by atomic mass is 32.2. The van der Waals surface area contributed by atoms with Gasteiger partial charge in [-0.2, -0.15) is 0 Å². The standard InChI is InChI=1S/C9H10O4.C8H8O2S/c1-2-13-6-3-4-7(9(11)12)8(10)5-6;1-2-6-5-7-3-4-8(6)11(7,9)10/h3-5,10H,2H2,1H3,(H,11,12);3-5H,2H2,1H3. The van der Waals surface area contributed by atoms with Crippen LogP contribution in [-0.4, -0.2) is 31.2 Å². The van der Waals surface area contributed by atoms with Gasteiger partial charge in [0.25, 0.3) is 0 Å².